The van der Waals surface area contributed by atoms with E-state index in [4.69, 9.17) is 9.26 Å². The molecule has 0 unspecified atom stereocenters. The van der Waals surface area contributed by atoms with Crippen molar-refractivity contribution in [3.05, 3.63) is 71.6 Å². The van der Waals surface area contributed by atoms with Gasteiger partial charge in [0.2, 0.25) is 11.8 Å². The average Bonchev–Trinajstić information content (AvgIpc) is 3.27. The van der Waals surface area contributed by atoms with Crippen molar-refractivity contribution in [3.63, 3.8) is 0 Å². The van der Waals surface area contributed by atoms with Crippen LogP contribution in [0.15, 0.2) is 53.1 Å². The molecule has 4 rings (SSSR count). The Hall–Kier alpha value is -3.79. The predicted molar refractivity (Wildman–Crippen MR) is 122 cm³/mol. The smallest absolute Gasteiger partial charge is 0.251 e. The summed E-state index contributed by atoms with van der Waals surface area (Å²) in [6.45, 7) is 1.97. The van der Waals surface area contributed by atoms with Gasteiger partial charge in [-0.1, -0.05) is 17.3 Å². The number of para-hydroxylation sites is 2. The lowest BCUT2D eigenvalue weighted by Crippen LogP contribution is -2.44. The third kappa shape index (κ3) is 6.16. The molecule has 1 aliphatic rings. The fourth-order valence-electron chi connectivity index (χ4n) is 3.81. The molecule has 2 amide bonds. The van der Waals surface area contributed by atoms with Crippen molar-refractivity contribution < 1.29 is 23.2 Å². The molecular formula is C24H26FN5O4. The van der Waals surface area contributed by atoms with Crippen LogP contribution in [-0.4, -0.2) is 53.1 Å². The number of amides is 2. The van der Waals surface area contributed by atoms with Crippen molar-refractivity contribution in [2.45, 2.75) is 31.8 Å². The molecule has 34 heavy (non-hydrogen) atoms. The monoisotopic (exact) mass is 467 g/mol. The Balaban J connectivity index is 1.22. The minimum absolute atomic E-state index is 0.0148. The maximum atomic E-state index is 13.0. The number of nitrogens with one attached hydrogen (secondary N) is 2. The van der Waals surface area contributed by atoms with Gasteiger partial charge in [0.15, 0.2) is 5.82 Å². The van der Waals surface area contributed by atoms with Gasteiger partial charge in [-0.2, -0.15) is 4.98 Å². The number of rotatable bonds is 8. The van der Waals surface area contributed by atoms with E-state index in [1.165, 1.54) is 24.3 Å². The molecule has 1 aromatic heterocycles. The highest BCUT2D eigenvalue weighted by molar-refractivity contribution is 5.94. The van der Waals surface area contributed by atoms with Gasteiger partial charge in [0.05, 0.1) is 25.8 Å². The highest BCUT2D eigenvalue weighted by Gasteiger charge is 2.23. The lowest BCUT2D eigenvalue weighted by Gasteiger charge is -2.31. The van der Waals surface area contributed by atoms with Gasteiger partial charge in [0.1, 0.15) is 11.6 Å². The largest absolute Gasteiger partial charge is 0.495 e. The van der Waals surface area contributed by atoms with E-state index in [1.54, 1.807) is 19.2 Å². The van der Waals surface area contributed by atoms with Crippen molar-refractivity contribution in [2.75, 3.05) is 25.5 Å². The number of likely N-dealkylation sites (tertiary alicyclic amines) is 1. The van der Waals surface area contributed by atoms with Gasteiger partial charge in [-0.25, -0.2) is 4.39 Å². The van der Waals surface area contributed by atoms with E-state index >= 15 is 0 Å². The maximum absolute atomic E-state index is 13.0. The van der Waals surface area contributed by atoms with Crippen molar-refractivity contribution in [1.82, 2.24) is 20.4 Å². The summed E-state index contributed by atoms with van der Waals surface area (Å²) in [7, 11) is 1.54. The number of halogens is 1. The molecule has 2 aromatic carbocycles. The molecule has 1 aliphatic heterocycles. The number of ether oxygens (including phenoxy) is 1. The fourth-order valence-corrected chi connectivity index (χ4v) is 3.81. The molecule has 3 aromatic rings. The second-order valence-corrected chi connectivity index (χ2v) is 8.06. The van der Waals surface area contributed by atoms with Crippen molar-refractivity contribution >= 4 is 17.5 Å². The van der Waals surface area contributed by atoms with E-state index in [2.05, 4.69) is 25.7 Å². The maximum Gasteiger partial charge on any atom is 0.251 e. The number of hydrogen-bond donors (Lipinski definition) is 2. The number of piperidine rings is 1. The van der Waals surface area contributed by atoms with Gasteiger partial charge in [-0.3, -0.25) is 14.5 Å². The first-order valence-electron chi connectivity index (χ1n) is 11.0. The summed E-state index contributed by atoms with van der Waals surface area (Å²) < 4.78 is 23.6. The van der Waals surface area contributed by atoms with E-state index in [-0.39, 0.29) is 30.1 Å². The van der Waals surface area contributed by atoms with Crippen LogP contribution in [-0.2, 0) is 17.8 Å². The zero-order chi connectivity index (χ0) is 23.9. The quantitative estimate of drug-likeness (QED) is 0.524. The minimum atomic E-state index is -0.369. The topological polar surface area (TPSA) is 110 Å². The number of nitrogens with zero attached hydrogens (tertiary/aromatic N) is 3. The molecule has 1 saturated heterocycles. The van der Waals surface area contributed by atoms with Gasteiger partial charge in [-0.15, -0.1) is 0 Å². The number of aromatic nitrogens is 2. The first-order valence-corrected chi connectivity index (χ1v) is 11.0. The van der Waals surface area contributed by atoms with E-state index in [0.29, 0.717) is 35.3 Å². The molecule has 1 fully saturated rings. The summed E-state index contributed by atoms with van der Waals surface area (Å²) in [6.07, 6.45) is 1.53. The number of carbonyl (C=O) groups excluding carboxylic acids is 2. The van der Waals surface area contributed by atoms with Crippen LogP contribution in [0.25, 0.3) is 0 Å². The van der Waals surface area contributed by atoms with Gasteiger partial charge in [0, 0.05) is 24.7 Å². The molecule has 2 heterocycles. The molecule has 0 bridgehead atoms. The summed E-state index contributed by atoms with van der Waals surface area (Å²) in [6, 6.07) is 12.7. The first-order chi connectivity index (χ1) is 16.5. The number of methoxy groups -OCH3 is 1. The van der Waals surface area contributed by atoms with Crippen LogP contribution in [0.3, 0.4) is 0 Å². The van der Waals surface area contributed by atoms with E-state index in [1.807, 2.05) is 12.1 Å². The number of benzene rings is 2. The Morgan fingerprint density at radius 2 is 1.88 bits per heavy atom. The van der Waals surface area contributed by atoms with Crippen LogP contribution in [0, 0.1) is 5.82 Å². The van der Waals surface area contributed by atoms with Gasteiger partial charge in [-0.05, 0) is 49.2 Å². The van der Waals surface area contributed by atoms with Crippen LogP contribution in [0.2, 0.25) is 0 Å². The van der Waals surface area contributed by atoms with E-state index in [0.717, 1.165) is 25.9 Å². The van der Waals surface area contributed by atoms with Gasteiger partial charge < -0.3 is 19.9 Å². The third-order valence-corrected chi connectivity index (χ3v) is 5.60. The molecule has 2 N–H and O–H groups in total. The highest BCUT2D eigenvalue weighted by atomic mass is 19.1. The molecule has 0 radical (unpaired) electrons. The number of anilines is 1. The third-order valence-electron chi connectivity index (χ3n) is 5.60. The van der Waals surface area contributed by atoms with Crippen molar-refractivity contribution in [2.24, 2.45) is 0 Å². The summed E-state index contributed by atoms with van der Waals surface area (Å²) >= 11 is 0. The van der Waals surface area contributed by atoms with Crippen LogP contribution in [0.5, 0.6) is 5.75 Å². The van der Waals surface area contributed by atoms with Gasteiger partial charge >= 0.3 is 0 Å². The molecule has 0 aliphatic carbocycles. The minimum Gasteiger partial charge on any atom is -0.495 e. The lowest BCUT2D eigenvalue weighted by molar-refractivity contribution is -0.115. The average molecular weight is 468 g/mol. The Bertz CT molecular complexity index is 1130. The molecule has 0 atom stereocenters. The molecular weight excluding hydrogens is 441 g/mol. The normalized spacial score (nSPS) is 14.5. The van der Waals surface area contributed by atoms with Crippen LogP contribution >= 0.6 is 0 Å². The Morgan fingerprint density at radius 3 is 2.62 bits per heavy atom. The summed E-state index contributed by atoms with van der Waals surface area (Å²) in [5, 5.41) is 9.70. The second kappa shape index (κ2) is 10.9. The van der Waals surface area contributed by atoms with Crippen molar-refractivity contribution in [3.8, 4) is 5.75 Å². The molecule has 0 spiro atoms. The summed E-state index contributed by atoms with van der Waals surface area (Å²) in [4.78, 5) is 31.1. The van der Waals surface area contributed by atoms with E-state index in [9.17, 15) is 14.0 Å². The zero-order valence-electron chi connectivity index (χ0n) is 18.8. The van der Waals surface area contributed by atoms with E-state index < -0.39 is 0 Å². The van der Waals surface area contributed by atoms with Crippen LogP contribution in [0.1, 0.15) is 34.9 Å². The standard InChI is InChI=1S/C24H26FN5O4/c1-33-20-5-3-2-4-19(20)27-22(31)14-21-28-23(34-29-21)15-30-12-10-18(11-13-30)26-24(32)16-6-8-17(25)9-7-16/h2-9,18H,10-15H2,1H3,(H,26,32)(H,27,31). The second-order valence-electron chi connectivity index (χ2n) is 8.06. The summed E-state index contributed by atoms with van der Waals surface area (Å²) in [5.74, 6) is 0.478. The fraction of sp³-hybridized carbons (Fsp3) is 0.333. The SMILES string of the molecule is COc1ccccc1NC(=O)Cc1noc(CN2CCC(NC(=O)c3ccc(F)cc3)CC2)n1. The zero-order valence-corrected chi connectivity index (χ0v) is 18.8. The number of hydrogen-bond acceptors (Lipinski definition) is 7. The molecule has 10 heteroatoms. The van der Waals surface area contributed by atoms with Crippen LogP contribution < -0.4 is 15.4 Å². The highest BCUT2D eigenvalue weighted by Crippen LogP contribution is 2.23. The Labute approximate surface area is 196 Å². The molecule has 9 nitrogen and oxygen atoms in total. The van der Waals surface area contributed by atoms with Crippen LogP contribution in [0.4, 0.5) is 10.1 Å². The molecule has 0 saturated carbocycles. The first kappa shape index (κ1) is 23.4. The Kier molecular flexibility index (Phi) is 7.48. The van der Waals surface area contributed by atoms with Gasteiger partial charge in [0.25, 0.3) is 5.91 Å². The number of carbonyl (C=O) groups is 2. The lowest BCUT2D eigenvalue weighted by atomic mass is 10.0. The molecule has 178 valence electrons. The van der Waals surface area contributed by atoms with Crippen molar-refractivity contribution in [1.29, 1.82) is 0 Å². The summed E-state index contributed by atoms with van der Waals surface area (Å²) in [5.41, 5.74) is 1.02. The predicted octanol–water partition coefficient (Wildman–Crippen LogP) is 2.79. The Morgan fingerprint density at radius 1 is 1.15 bits per heavy atom.